The number of carbonyl (C=O) groups is 1. The first-order valence-corrected chi connectivity index (χ1v) is 7.22. The highest BCUT2D eigenvalue weighted by molar-refractivity contribution is 6.30. The van der Waals surface area contributed by atoms with Gasteiger partial charge in [0.15, 0.2) is 0 Å². The molecule has 1 atom stereocenters. The predicted molar refractivity (Wildman–Crippen MR) is 81.5 cm³/mol. The largest absolute Gasteiger partial charge is 0.388 e. The minimum Gasteiger partial charge on any atom is -0.388 e. The summed E-state index contributed by atoms with van der Waals surface area (Å²) in [5.74, 6) is -0.0513. The van der Waals surface area contributed by atoms with E-state index in [1.54, 1.807) is 43.0 Å². The maximum absolute atomic E-state index is 12.2. The molecule has 108 valence electrons. The summed E-state index contributed by atoms with van der Waals surface area (Å²) in [6.07, 6.45) is 5.13. The van der Waals surface area contributed by atoms with Crippen molar-refractivity contribution in [2.45, 2.75) is 38.3 Å². The van der Waals surface area contributed by atoms with Crippen molar-refractivity contribution in [2.75, 3.05) is 6.54 Å². The maximum Gasteiger partial charge on any atom is 0.246 e. The topological polar surface area (TPSA) is 40.5 Å². The molecule has 1 aliphatic rings. The number of rotatable bonds is 3. The molecule has 4 heteroatoms. The molecule has 1 fully saturated rings. The lowest BCUT2D eigenvalue weighted by molar-refractivity contribution is -0.131. The molecule has 1 aromatic carbocycles. The van der Waals surface area contributed by atoms with Crippen molar-refractivity contribution < 1.29 is 9.90 Å². The normalized spacial score (nSPS) is 19.8. The third kappa shape index (κ3) is 3.62. The van der Waals surface area contributed by atoms with Crippen LogP contribution in [0.25, 0.3) is 6.08 Å². The zero-order valence-corrected chi connectivity index (χ0v) is 12.6. The molecule has 0 radical (unpaired) electrons. The summed E-state index contributed by atoms with van der Waals surface area (Å²) in [6.45, 7) is 4.22. The van der Waals surface area contributed by atoms with Crippen LogP contribution in [-0.2, 0) is 4.79 Å². The third-order valence-electron chi connectivity index (χ3n) is 3.64. The van der Waals surface area contributed by atoms with E-state index in [9.17, 15) is 9.90 Å². The fourth-order valence-corrected chi connectivity index (χ4v) is 2.73. The van der Waals surface area contributed by atoms with Gasteiger partial charge < -0.3 is 10.0 Å². The molecule has 0 aromatic heterocycles. The molecule has 0 spiro atoms. The van der Waals surface area contributed by atoms with E-state index >= 15 is 0 Å². The first-order chi connectivity index (χ1) is 9.38. The fraction of sp³-hybridized carbons (Fsp3) is 0.438. The van der Waals surface area contributed by atoms with Crippen LogP contribution in [0.3, 0.4) is 0 Å². The molecule has 1 amide bonds. The van der Waals surface area contributed by atoms with Gasteiger partial charge in [-0.25, -0.2) is 0 Å². The molecule has 1 unspecified atom stereocenters. The molecule has 1 saturated heterocycles. The summed E-state index contributed by atoms with van der Waals surface area (Å²) in [6, 6.07) is 7.21. The average Bonchev–Trinajstić information content (AvgIpc) is 2.87. The van der Waals surface area contributed by atoms with Crippen LogP contribution in [0.15, 0.2) is 30.3 Å². The van der Waals surface area contributed by atoms with E-state index < -0.39 is 5.60 Å². The van der Waals surface area contributed by atoms with Gasteiger partial charge in [-0.2, -0.15) is 0 Å². The Kier molecular flexibility index (Phi) is 4.51. The number of halogens is 1. The Balaban J connectivity index is 2.06. The molecule has 1 aliphatic heterocycles. The van der Waals surface area contributed by atoms with Gasteiger partial charge in [0.1, 0.15) is 0 Å². The van der Waals surface area contributed by atoms with Gasteiger partial charge in [0, 0.05) is 17.6 Å². The number of nitrogens with zero attached hydrogens (tertiary/aromatic N) is 1. The Morgan fingerprint density at radius 1 is 1.40 bits per heavy atom. The summed E-state index contributed by atoms with van der Waals surface area (Å²) in [7, 11) is 0. The maximum atomic E-state index is 12.2. The van der Waals surface area contributed by atoms with Crippen LogP contribution in [0, 0.1) is 0 Å². The lowest BCUT2D eigenvalue weighted by Crippen LogP contribution is -2.47. The van der Waals surface area contributed by atoms with E-state index in [1.807, 2.05) is 12.1 Å². The summed E-state index contributed by atoms with van der Waals surface area (Å²) < 4.78 is 0. The number of hydrogen-bond acceptors (Lipinski definition) is 2. The van der Waals surface area contributed by atoms with E-state index in [0.29, 0.717) is 11.6 Å². The van der Waals surface area contributed by atoms with Gasteiger partial charge in [-0.1, -0.05) is 23.7 Å². The van der Waals surface area contributed by atoms with Crippen LogP contribution in [0.4, 0.5) is 0 Å². The van der Waals surface area contributed by atoms with Gasteiger partial charge in [0.2, 0.25) is 5.91 Å². The Morgan fingerprint density at radius 2 is 2.05 bits per heavy atom. The van der Waals surface area contributed by atoms with Crippen LogP contribution in [0.5, 0.6) is 0 Å². The van der Waals surface area contributed by atoms with Crippen LogP contribution in [-0.4, -0.2) is 34.1 Å². The number of hydrogen-bond donors (Lipinski definition) is 1. The highest BCUT2D eigenvalue weighted by Gasteiger charge is 2.37. The smallest absolute Gasteiger partial charge is 0.246 e. The second-order valence-corrected chi connectivity index (χ2v) is 6.16. The SMILES string of the molecule is CC(C)(O)C1CCCN1C(=O)/C=C/c1ccc(Cl)cc1. The zero-order valence-electron chi connectivity index (χ0n) is 11.8. The Labute approximate surface area is 124 Å². The second-order valence-electron chi connectivity index (χ2n) is 5.73. The molecule has 0 aliphatic carbocycles. The molecule has 2 rings (SSSR count). The van der Waals surface area contributed by atoms with Crippen molar-refractivity contribution in [1.29, 1.82) is 0 Å². The minimum atomic E-state index is -0.861. The number of amides is 1. The van der Waals surface area contributed by atoms with Gasteiger partial charge in [-0.3, -0.25) is 4.79 Å². The fourth-order valence-electron chi connectivity index (χ4n) is 2.60. The van der Waals surface area contributed by atoms with Crippen molar-refractivity contribution in [1.82, 2.24) is 4.90 Å². The monoisotopic (exact) mass is 293 g/mol. The minimum absolute atomic E-state index is 0.0513. The van der Waals surface area contributed by atoms with Crippen LogP contribution < -0.4 is 0 Å². The van der Waals surface area contributed by atoms with Gasteiger partial charge in [0.05, 0.1) is 11.6 Å². The molecule has 0 saturated carbocycles. The molecule has 1 N–H and O–H groups in total. The lowest BCUT2D eigenvalue weighted by Gasteiger charge is -2.33. The van der Waals surface area contributed by atoms with Crippen molar-refractivity contribution in [3.8, 4) is 0 Å². The second kappa shape index (κ2) is 5.98. The van der Waals surface area contributed by atoms with Gasteiger partial charge >= 0.3 is 0 Å². The summed E-state index contributed by atoms with van der Waals surface area (Å²) >= 11 is 5.82. The van der Waals surface area contributed by atoms with Crippen molar-refractivity contribution in [3.05, 3.63) is 40.9 Å². The van der Waals surface area contributed by atoms with Gasteiger partial charge in [-0.05, 0) is 50.5 Å². The Morgan fingerprint density at radius 3 is 2.65 bits per heavy atom. The summed E-state index contributed by atoms with van der Waals surface area (Å²) in [5.41, 5.74) is 0.0713. The van der Waals surface area contributed by atoms with Crippen molar-refractivity contribution >= 4 is 23.6 Å². The predicted octanol–water partition coefficient (Wildman–Crippen LogP) is 3.12. The molecule has 3 nitrogen and oxygen atoms in total. The summed E-state index contributed by atoms with van der Waals surface area (Å²) in [4.78, 5) is 14.0. The standard InChI is InChI=1S/C16H20ClNO2/c1-16(2,20)14-4-3-11-18(14)15(19)10-7-12-5-8-13(17)9-6-12/h5-10,14,20H,3-4,11H2,1-2H3/b10-7+. The molecule has 1 heterocycles. The molecule has 20 heavy (non-hydrogen) atoms. The zero-order chi connectivity index (χ0) is 14.8. The highest BCUT2D eigenvalue weighted by atomic mass is 35.5. The highest BCUT2D eigenvalue weighted by Crippen LogP contribution is 2.27. The lowest BCUT2D eigenvalue weighted by atomic mass is 9.96. The number of aliphatic hydroxyl groups is 1. The Bertz CT molecular complexity index is 502. The van der Waals surface area contributed by atoms with Crippen molar-refractivity contribution in [3.63, 3.8) is 0 Å². The molecular formula is C16H20ClNO2. The first-order valence-electron chi connectivity index (χ1n) is 6.84. The van der Waals surface area contributed by atoms with E-state index in [0.717, 1.165) is 18.4 Å². The van der Waals surface area contributed by atoms with Crippen molar-refractivity contribution in [2.24, 2.45) is 0 Å². The first kappa shape index (κ1) is 15.1. The van der Waals surface area contributed by atoms with E-state index in [-0.39, 0.29) is 11.9 Å². The quantitative estimate of drug-likeness (QED) is 0.870. The van der Waals surface area contributed by atoms with Crippen LogP contribution in [0.1, 0.15) is 32.3 Å². The molecular weight excluding hydrogens is 274 g/mol. The van der Waals surface area contributed by atoms with Crippen LogP contribution >= 0.6 is 11.6 Å². The molecule has 1 aromatic rings. The van der Waals surface area contributed by atoms with Gasteiger partial charge in [0.25, 0.3) is 0 Å². The van der Waals surface area contributed by atoms with E-state index in [4.69, 9.17) is 11.6 Å². The van der Waals surface area contributed by atoms with Gasteiger partial charge in [-0.15, -0.1) is 0 Å². The van der Waals surface area contributed by atoms with E-state index in [1.165, 1.54) is 0 Å². The number of likely N-dealkylation sites (tertiary alicyclic amines) is 1. The molecule has 0 bridgehead atoms. The number of carbonyl (C=O) groups excluding carboxylic acids is 1. The van der Waals surface area contributed by atoms with E-state index in [2.05, 4.69) is 0 Å². The third-order valence-corrected chi connectivity index (χ3v) is 3.89. The number of benzene rings is 1. The Hall–Kier alpha value is -1.32. The van der Waals surface area contributed by atoms with Crippen LogP contribution in [0.2, 0.25) is 5.02 Å². The average molecular weight is 294 g/mol. The summed E-state index contributed by atoms with van der Waals surface area (Å²) in [5, 5.41) is 10.8.